The Bertz CT molecular complexity index is 1340. The Labute approximate surface area is 193 Å². The molecule has 1 amide bonds. The summed E-state index contributed by atoms with van der Waals surface area (Å²) >= 11 is 6.78. The quantitative estimate of drug-likeness (QED) is 0.341. The minimum Gasteiger partial charge on any atom is -0.293 e. The fourth-order valence-corrected chi connectivity index (χ4v) is 4.90. The number of amides is 1. The van der Waals surface area contributed by atoms with Crippen LogP contribution in [-0.2, 0) is 11.2 Å². The number of aromatic amines is 1. The first-order valence-corrected chi connectivity index (χ1v) is 11.3. The van der Waals surface area contributed by atoms with Gasteiger partial charge in [0, 0.05) is 24.5 Å². The maximum atomic E-state index is 12.9. The Balaban J connectivity index is 1.33. The number of carbonyl (C=O) groups is 1. The van der Waals surface area contributed by atoms with Crippen LogP contribution in [0.1, 0.15) is 17.8 Å². The monoisotopic (exact) mass is 458 g/mol. The summed E-state index contributed by atoms with van der Waals surface area (Å²) in [6.07, 6.45) is 5.05. The van der Waals surface area contributed by atoms with Gasteiger partial charge < -0.3 is 0 Å². The number of benzene rings is 2. The molecule has 1 aliphatic heterocycles. The lowest BCUT2D eigenvalue weighted by molar-refractivity contribution is -0.122. The van der Waals surface area contributed by atoms with Crippen molar-refractivity contribution in [1.82, 2.24) is 30.5 Å². The fourth-order valence-electron chi connectivity index (χ4n) is 3.59. The van der Waals surface area contributed by atoms with E-state index in [-0.39, 0.29) is 5.91 Å². The molecule has 0 atom stereocenters. The number of tetrazole rings is 1. The second-order valence-corrected chi connectivity index (χ2v) is 8.98. The second-order valence-electron chi connectivity index (χ2n) is 7.30. The first kappa shape index (κ1) is 20.5. The summed E-state index contributed by atoms with van der Waals surface area (Å²) in [5.41, 5.74) is 4.12. The summed E-state index contributed by atoms with van der Waals surface area (Å²) in [5.74, 6) is 0.572. The van der Waals surface area contributed by atoms with Gasteiger partial charge in [0.25, 0.3) is 5.91 Å². The highest BCUT2D eigenvalue weighted by Gasteiger charge is 2.31. The van der Waals surface area contributed by atoms with Crippen LogP contribution in [0.15, 0.2) is 65.7 Å². The Kier molecular flexibility index (Phi) is 5.74. The van der Waals surface area contributed by atoms with Crippen molar-refractivity contribution in [2.24, 2.45) is 0 Å². The number of carbonyl (C=O) groups excluding carboxylic acids is 1. The van der Waals surface area contributed by atoms with Crippen LogP contribution in [0.25, 0.3) is 28.1 Å². The average Bonchev–Trinajstić information content (AvgIpc) is 3.43. The van der Waals surface area contributed by atoms with Crippen LogP contribution in [0.4, 0.5) is 0 Å². The molecule has 0 unspecified atom stereocenters. The average molecular weight is 459 g/mol. The van der Waals surface area contributed by atoms with E-state index in [1.54, 1.807) is 11.1 Å². The van der Waals surface area contributed by atoms with Crippen molar-refractivity contribution in [2.75, 3.05) is 6.54 Å². The Morgan fingerprint density at radius 3 is 2.88 bits per heavy atom. The summed E-state index contributed by atoms with van der Waals surface area (Å²) in [7, 11) is 0. The van der Waals surface area contributed by atoms with Crippen molar-refractivity contribution in [3.63, 3.8) is 0 Å². The van der Waals surface area contributed by atoms with E-state index in [2.05, 4.69) is 55.9 Å². The number of nitrogens with zero attached hydrogens (tertiary/aromatic N) is 5. The zero-order valence-electron chi connectivity index (χ0n) is 16.9. The molecule has 0 radical (unpaired) electrons. The van der Waals surface area contributed by atoms with Crippen LogP contribution in [0.2, 0.25) is 0 Å². The number of nitrogens with one attached hydrogen (secondary N) is 1. The Hall–Kier alpha value is -3.43. The van der Waals surface area contributed by atoms with E-state index in [0.29, 0.717) is 34.4 Å². The number of H-pyrrole nitrogens is 1. The van der Waals surface area contributed by atoms with Gasteiger partial charge in [-0.05, 0) is 53.5 Å². The van der Waals surface area contributed by atoms with E-state index >= 15 is 0 Å². The van der Waals surface area contributed by atoms with Crippen molar-refractivity contribution >= 4 is 51.2 Å². The third kappa shape index (κ3) is 4.30. The van der Waals surface area contributed by atoms with Gasteiger partial charge in [0.2, 0.25) is 0 Å². The zero-order chi connectivity index (χ0) is 21.9. The number of hydrogen-bond acceptors (Lipinski definition) is 7. The Morgan fingerprint density at radius 2 is 2.00 bits per heavy atom. The van der Waals surface area contributed by atoms with Crippen LogP contribution in [0.3, 0.4) is 0 Å². The molecule has 2 aromatic carbocycles. The number of thiocarbonyl (C=S) groups is 1. The SMILES string of the molecule is O=C1C(=Cc2cccc(-c3ccc4ncccc4c3)c2)SC(=S)N1CCCc1nn[nH]n1. The molecule has 5 rings (SSSR count). The molecule has 9 heteroatoms. The van der Waals surface area contributed by atoms with Crippen LogP contribution in [0, 0.1) is 0 Å². The summed E-state index contributed by atoms with van der Waals surface area (Å²) in [6, 6.07) is 18.4. The maximum Gasteiger partial charge on any atom is 0.266 e. The lowest BCUT2D eigenvalue weighted by Gasteiger charge is -2.13. The number of fused-ring (bicyclic) bond motifs is 1. The molecule has 1 N–H and O–H groups in total. The van der Waals surface area contributed by atoms with Gasteiger partial charge in [-0.25, -0.2) is 0 Å². The van der Waals surface area contributed by atoms with E-state index in [4.69, 9.17) is 12.2 Å². The molecule has 0 spiro atoms. The standard InChI is InChI=1S/C23H18N6OS2/c30-22-20(32-23(31)29(22)11-3-7-21-25-27-28-26-21)13-15-4-1-5-16(12-15)17-8-9-19-18(14-17)6-2-10-24-19/h1-2,4-6,8-10,12-14H,3,7,11H2,(H,25,26,27,28). The highest BCUT2D eigenvalue weighted by molar-refractivity contribution is 8.26. The third-order valence-electron chi connectivity index (χ3n) is 5.17. The van der Waals surface area contributed by atoms with Gasteiger partial charge >= 0.3 is 0 Å². The summed E-state index contributed by atoms with van der Waals surface area (Å²) in [6.45, 7) is 0.529. The van der Waals surface area contributed by atoms with E-state index in [1.807, 2.05) is 30.3 Å². The third-order valence-corrected chi connectivity index (χ3v) is 6.54. The molecule has 158 valence electrons. The Morgan fingerprint density at radius 1 is 1.09 bits per heavy atom. The molecule has 1 fully saturated rings. The summed E-state index contributed by atoms with van der Waals surface area (Å²) < 4.78 is 0.576. The van der Waals surface area contributed by atoms with E-state index in [9.17, 15) is 4.79 Å². The topological polar surface area (TPSA) is 87.7 Å². The van der Waals surface area contributed by atoms with E-state index < -0.39 is 0 Å². The smallest absolute Gasteiger partial charge is 0.266 e. The molecule has 4 aromatic rings. The van der Waals surface area contributed by atoms with Gasteiger partial charge in [0.05, 0.1) is 10.4 Å². The van der Waals surface area contributed by atoms with Crippen LogP contribution >= 0.6 is 24.0 Å². The number of pyridine rings is 1. The lowest BCUT2D eigenvalue weighted by Crippen LogP contribution is -2.29. The number of rotatable bonds is 6. The second kappa shape index (κ2) is 8.97. The largest absolute Gasteiger partial charge is 0.293 e. The molecular formula is C23H18N6OS2. The number of aromatic nitrogens is 5. The molecule has 7 nitrogen and oxygen atoms in total. The van der Waals surface area contributed by atoms with Crippen molar-refractivity contribution in [2.45, 2.75) is 12.8 Å². The van der Waals surface area contributed by atoms with Gasteiger partial charge in [-0.1, -0.05) is 59.5 Å². The van der Waals surface area contributed by atoms with Gasteiger partial charge in [-0.3, -0.25) is 14.7 Å². The highest BCUT2D eigenvalue weighted by atomic mass is 32.2. The van der Waals surface area contributed by atoms with Crippen LogP contribution < -0.4 is 0 Å². The normalized spacial score (nSPS) is 15.2. The predicted molar refractivity (Wildman–Crippen MR) is 130 cm³/mol. The van der Waals surface area contributed by atoms with Crippen molar-refractivity contribution in [3.05, 3.63) is 77.1 Å². The summed E-state index contributed by atoms with van der Waals surface area (Å²) in [4.78, 5) is 19.6. The van der Waals surface area contributed by atoms with Crippen molar-refractivity contribution in [1.29, 1.82) is 0 Å². The fraction of sp³-hybridized carbons (Fsp3) is 0.130. The van der Waals surface area contributed by atoms with E-state index in [1.165, 1.54) is 11.8 Å². The van der Waals surface area contributed by atoms with Gasteiger partial charge in [-0.2, -0.15) is 5.21 Å². The minimum absolute atomic E-state index is 0.0599. The lowest BCUT2D eigenvalue weighted by atomic mass is 10.0. The summed E-state index contributed by atoms with van der Waals surface area (Å²) in [5, 5.41) is 14.9. The van der Waals surface area contributed by atoms with Crippen LogP contribution in [0.5, 0.6) is 0 Å². The highest BCUT2D eigenvalue weighted by Crippen LogP contribution is 2.33. The molecule has 0 aliphatic carbocycles. The predicted octanol–water partition coefficient (Wildman–Crippen LogP) is 4.25. The molecule has 0 bridgehead atoms. The first-order chi connectivity index (χ1) is 15.7. The molecule has 2 aromatic heterocycles. The molecule has 1 saturated heterocycles. The van der Waals surface area contributed by atoms with Gasteiger partial charge in [0.1, 0.15) is 4.32 Å². The molecule has 3 heterocycles. The first-order valence-electron chi connectivity index (χ1n) is 10.1. The van der Waals surface area contributed by atoms with Crippen molar-refractivity contribution in [3.8, 4) is 11.1 Å². The minimum atomic E-state index is -0.0599. The number of hydrogen-bond donors (Lipinski definition) is 1. The van der Waals surface area contributed by atoms with Crippen molar-refractivity contribution < 1.29 is 4.79 Å². The zero-order valence-corrected chi connectivity index (χ0v) is 18.6. The number of aryl methyl sites for hydroxylation is 1. The molecular weight excluding hydrogens is 440 g/mol. The molecule has 1 aliphatic rings. The molecule has 32 heavy (non-hydrogen) atoms. The van der Waals surface area contributed by atoms with Gasteiger partial charge in [-0.15, -0.1) is 10.2 Å². The van der Waals surface area contributed by atoms with E-state index in [0.717, 1.165) is 27.6 Å². The maximum absolute atomic E-state index is 12.9. The van der Waals surface area contributed by atoms with Gasteiger partial charge in [0.15, 0.2) is 5.82 Å². The van der Waals surface area contributed by atoms with Crippen LogP contribution in [-0.4, -0.2) is 47.3 Å². The molecule has 0 saturated carbocycles. The number of thioether (sulfide) groups is 1.